The summed E-state index contributed by atoms with van der Waals surface area (Å²) in [6.45, 7) is 2.48. The number of rotatable bonds is 4. The monoisotopic (exact) mass is 372 g/mol. The van der Waals surface area contributed by atoms with Gasteiger partial charge in [0.15, 0.2) is 0 Å². The topological polar surface area (TPSA) is 58.6 Å². The Morgan fingerprint density at radius 3 is 2.46 bits per heavy atom. The van der Waals surface area contributed by atoms with Gasteiger partial charge in [-0.3, -0.25) is 9.59 Å². The molecular weight excluding hydrogens is 352 g/mol. The molecule has 5 nitrogen and oxygen atoms in total. The summed E-state index contributed by atoms with van der Waals surface area (Å²) in [6.07, 6.45) is 0. The van der Waals surface area contributed by atoms with Crippen molar-refractivity contribution in [3.8, 4) is 5.75 Å². The summed E-state index contributed by atoms with van der Waals surface area (Å²) in [5, 5.41) is 2.93. The second-order valence-electron chi connectivity index (χ2n) is 6.73. The highest BCUT2D eigenvalue weighted by atomic mass is 16.5. The van der Waals surface area contributed by atoms with E-state index in [9.17, 15) is 9.59 Å². The molecule has 0 atom stereocenters. The number of hydrogen-bond donors (Lipinski definition) is 1. The molecule has 1 aliphatic rings. The zero-order valence-corrected chi connectivity index (χ0v) is 15.7. The van der Waals surface area contributed by atoms with Gasteiger partial charge in [0.05, 0.1) is 13.7 Å². The van der Waals surface area contributed by atoms with Gasteiger partial charge in [-0.1, -0.05) is 18.2 Å². The van der Waals surface area contributed by atoms with Crippen LogP contribution in [0.4, 0.5) is 11.4 Å². The van der Waals surface area contributed by atoms with Gasteiger partial charge in [-0.25, -0.2) is 0 Å². The first-order chi connectivity index (χ1) is 13.6. The second-order valence-corrected chi connectivity index (χ2v) is 6.73. The van der Waals surface area contributed by atoms with E-state index < -0.39 is 0 Å². The molecule has 0 fully saturated rings. The number of carbonyl (C=O) groups is 2. The SMILES string of the molecule is COc1ccc(C(=O)Nc2ccc(N3Cc4ccccc4C3=O)cc2C)cc1. The molecule has 1 N–H and O–H groups in total. The fourth-order valence-corrected chi connectivity index (χ4v) is 3.36. The molecular formula is C23H20N2O3. The molecule has 0 bridgehead atoms. The van der Waals surface area contributed by atoms with Gasteiger partial charge in [-0.2, -0.15) is 0 Å². The van der Waals surface area contributed by atoms with E-state index in [-0.39, 0.29) is 11.8 Å². The Morgan fingerprint density at radius 1 is 1.04 bits per heavy atom. The summed E-state index contributed by atoms with van der Waals surface area (Å²) in [5.74, 6) is 0.515. The lowest BCUT2D eigenvalue weighted by molar-refractivity contribution is 0.0994. The number of carbonyl (C=O) groups excluding carboxylic acids is 2. The Kier molecular flexibility index (Phi) is 4.57. The minimum Gasteiger partial charge on any atom is -0.497 e. The van der Waals surface area contributed by atoms with Gasteiger partial charge in [0.2, 0.25) is 0 Å². The van der Waals surface area contributed by atoms with Gasteiger partial charge in [-0.15, -0.1) is 0 Å². The number of ether oxygens (including phenoxy) is 1. The van der Waals surface area contributed by atoms with E-state index in [1.165, 1.54) is 0 Å². The molecule has 140 valence electrons. The number of anilines is 2. The molecule has 5 heteroatoms. The quantitative estimate of drug-likeness (QED) is 0.738. The first-order valence-electron chi connectivity index (χ1n) is 9.02. The molecule has 3 aromatic carbocycles. The third kappa shape index (κ3) is 3.22. The van der Waals surface area contributed by atoms with Crippen LogP contribution in [0.15, 0.2) is 66.7 Å². The van der Waals surface area contributed by atoms with E-state index in [4.69, 9.17) is 4.74 Å². The number of amides is 2. The van der Waals surface area contributed by atoms with Crippen molar-refractivity contribution < 1.29 is 14.3 Å². The Hall–Kier alpha value is -3.60. The number of nitrogens with one attached hydrogen (secondary N) is 1. The number of methoxy groups -OCH3 is 1. The summed E-state index contributed by atoms with van der Waals surface area (Å²) >= 11 is 0. The first-order valence-corrected chi connectivity index (χ1v) is 9.02. The van der Waals surface area contributed by atoms with E-state index in [1.807, 2.05) is 49.4 Å². The molecule has 0 aliphatic carbocycles. The molecule has 0 radical (unpaired) electrons. The number of fused-ring (bicyclic) bond motifs is 1. The molecule has 0 aromatic heterocycles. The van der Waals surface area contributed by atoms with Crippen molar-refractivity contribution in [3.05, 3.63) is 89.0 Å². The molecule has 0 unspecified atom stereocenters. The molecule has 2 amide bonds. The molecule has 4 rings (SSSR count). The summed E-state index contributed by atoms with van der Waals surface area (Å²) in [4.78, 5) is 26.9. The van der Waals surface area contributed by atoms with Crippen LogP contribution in [0.3, 0.4) is 0 Å². The van der Waals surface area contributed by atoms with Crippen LogP contribution in [0.1, 0.15) is 31.8 Å². The van der Waals surface area contributed by atoms with Crippen molar-refractivity contribution in [1.29, 1.82) is 0 Å². The van der Waals surface area contributed by atoms with Crippen LogP contribution in [0, 0.1) is 6.92 Å². The zero-order chi connectivity index (χ0) is 19.7. The van der Waals surface area contributed by atoms with Gasteiger partial charge in [0, 0.05) is 22.5 Å². The molecule has 1 aliphatic heterocycles. The second kappa shape index (κ2) is 7.19. The Bertz CT molecular complexity index is 1060. The molecule has 0 saturated carbocycles. The molecule has 0 saturated heterocycles. The highest BCUT2D eigenvalue weighted by Gasteiger charge is 2.28. The van der Waals surface area contributed by atoms with Gasteiger partial charge in [-0.05, 0) is 66.6 Å². The van der Waals surface area contributed by atoms with E-state index in [2.05, 4.69) is 5.32 Å². The summed E-state index contributed by atoms with van der Waals surface area (Å²) in [6, 6.07) is 20.2. The van der Waals surface area contributed by atoms with Crippen LogP contribution in [-0.4, -0.2) is 18.9 Å². The fraction of sp³-hybridized carbons (Fsp3) is 0.130. The molecule has 3 aromatic rings. The number of benzene rings is 3. The summed E-state index contributed by atoms with van der Waals surface area (Å²) < 4.78 is 5.12. The number of nitrogens with zero attached hydrogens (tertiary/aromatic N) is 1. The van der Waals surface area contributed by atoms with Crippen molar-refractivity contribution in [3.63, 3.8) is 0 Å². The lowest BCUT2D eigenvalue weighted by atomic mass is 10.1. The average Bonchev–Trinajstić information content (AvgIpc) is 3.06. The third-order valence-electron chi connectivity index (χ3n) is 4.94. The van der Waals surface area contributed by atoms with E-state index in [0.29, 0.717) is 23.5 Å². The zero-order valence-electron chi connectivity index (χ0n) is 15.7. The Morgan fingerprint density at radius 2 is 1.79 bits per heavy atom. The van der Waals surface area contributed by atoms with E-state index in [0.717, 1.165) is 22.4 Å². The lowest BCUT2D eigenvalue weighted by Crippen LogP contribution is -2.23. The van der Waals surface area contributed by atoms with Crippen LogP contribution >= 0.6 is 0 Å². The van der Waals surface area contributed by atoms with Crippen molar-refractivity contribution >= 4 is 23.2 Å². The Balaban J connectivity index is 1.52. The minimum absolute atomic E-state index is 0.00465. The minimum atomic E-state index is -0.192. The average molecular weight is 372 g/mol. The van der Waals surface area contributed by atoms with Gasteiger partial charge < -0.3 is 15.0 Å². The molecule has 1 heterocycles. The van der Waals surface area contributed by atoms with Crippen LogP contribution in [0.25, 0.3) is 0 Å². The van der Waals surface area contributed by atoms with Crippen LogP contribution in [0.5, 0.6) is 5.75 Å². The normalized spacial score (nSPS) is 12.6. The van der Waals surface area contributed by atoms with Gasteiger partial charge in [0.1, 0.15) is 5.75 Å². The van der Waals surface area contributed by atoms with Crippen LogP contribution in [-0.2, 0) is 6.54 Å². The third-order valence-corrected chi connectivity index (χ3v) is 4.94. The maximum Gasteiger partial charge on any atom is 0.258 e. The van der Waals surface area contributed by atoms with Crippen LogP contribution in [0.2, 0.25) is 0 Å². The lowest BCUT2D eigenvalue weighted by Gasteiger charge is -2.18. The Labute approximate surface area is 163 Å². The summed E-state index contributed by atoms with van der Waals surface area (Å²) in [5.41, 5.74) is 4.76. The fourth-order valence-electron chi connectivity index (χ4n) is 3.36. The van der Waals surface area contributed by atoms with Crippen LogP contribution < -0.4 is 15.0 Å². The highest BCUT2D eigenvalue weighted by molar-refractivity contribution is 6.10. The highest BCUT2D eigenvalue weighted by Crippen LogP contribution is 2.30. The molecule has 28 heavy (non-hydrogen) atoms. The number of aryl methyl sites for hydroxylation is 1. The standard InChI is InChI=1S/C23H20N2O3/c1-15-13-18(25-14-17-5-3-4-6-20(17)23(25)27)9-12-21(15)24-22(26)16-7-10-19(28-2)11-8-16/h3-13H,14H2,1-2H3,(H,24,26). The maximum atomic E-state index is 12.7. The first kappa shape index (κ1) is 17.8. The van der Waals surface area contributed by atoms with Crippen molar-refractivity contribution in [2.24, 2.45) is 0 Å². The van der Waals surface area contributed by atoms with Crippen molar-refractivity contribution in [2.45, 2.75) is 13.5 Å². The van der Waals surface area contributed by atoms with Gasteiger partial charge >= 0.3 is 0 Å². The maximum absolute atomic E-state index is 12.7. The largest absolute Gasteiger partial charge is 0.497 e. The molecule has 0 spiro atoms. The summed E-state index contributed by atoms with van der Waals surface area (Å²) in [7, 11) is 1.59. The van der Waals surface area contributed by atoms with E-state index >= 15 is 0 Å². The predicted octanol–water partition coefficient (Wildman–Crippen LogP) is 4.42. The predicted molar refractivity (Wildman–Crippen MR) is 109 cm³/mol. The number of hydrogen-bond acceptors (Lipinski definition) is 3. The smallest absolute Gasteiger partial charge is 0.258 e. The van der Waals surface area contributed by atoms with Crippen molar-refractivity contribution in [2.75, 3.05) is 17.3 Å². The van der Waals surface area contributed by atoms with E-state index in [1.54, 1.807) is 36.3 Å². The van der Waals surface area contributed by atoms with Gasteiger partial charge in [0.25, 0.3) is 11.8 Å². The van der Waals surface area contributed by atoms with Crippen molar-refractivity contribution in [1.82, 2.24) is 0 Å².